The van der Waals surface area contributed by atoms with Crippen molar-refractivity contribution < 1.29 is 4.79 Å². The summed E-state index contributed by atoms with van der Waals surface area (Å²) in [5, 5.41) is 8.79. The second kappa shape index (κ2) is 9.12. The number of pyridine rings is 1. The topological polar surface area (TPSA) is 54.0 Å². The number of hydrogen-bond donors (Lipinski definition) is 2. The van der Waals surface area contributed by atoms with E-state index >= 15 is 0 Å². The second-order valence-electron chi connectivity index (χ2n) is 8.37. The number of fused-ring (bicyclic) bond motifs is 3. The molecule has 2 aromatic carbocycles. The van der Waals surface area contributed by atoms with Gasteiger partial charge in [0.15, 0.2) is 6.29 Å². The van der Waals surface area contributed by atoms with Crippen molar-refractivity contribution in [1.82, 2.24) is 10.3 Å². The number of carbonyl (C=O) groups is 1. The van der Waals surface area contributed by atoms with E-state index in [0.717, 1.165) is 56.3 Å². The van der Waals surface area contributed by atoms with Crippen molar-refractivity contribution >= 4 is 44.3 Å². The number of nitrogens with one attached hydrogen (secondary N) is 2. The predicted octanol–water partition coefficient (Wildman–Crippen LogP) is 6.05. The molecule has 1 atom stereocenters. The SMILES string of the molecule is C#Cc1cc(-c2ccc3c(ccc4sc(C=O)c(NC[C@@H](C)NC)c43)n2)cc(C(C)C)c1. The van der Waals surface area contributed by atoms with Crippen LogP contribution in [0, 0.1) is 12.3 Å². The fourth-order valence-corrected chi connectivity index (χ4v) is 4.82. The summed E-state index contributed by atoms with van der Waals surface area (Å²) in [6, 6.07) is 14.7. The number of aromatic nitrogens is 1. The minimum atomic E-state index is 0.280. The molecular weight excluding hydrogens is 414 g/mol. The van der Waals surface area contributed by atoms with Gasteiger partial charge in [0.25, 0.3) is 0 Å². The molecular formula is C27H27N3OS. The van der Waals surface area contributed by atoms with Crippen LogP contribution in [0.4, 0.5) is 5.69 Å². The highest BCUT2D eigenvalue weighted by Crippen LogP contribution is 2.40. The average molecular weight is 442 g/mol. The number of thiophene rings is 1. The monoisotopic (exact) mass is 441 g/mol. The van der Waals surface area contributed by atoms with Gasteiger partial charge in [-0.2, -0.15) is 0 Å². The number of terminal acetylenes is 1. The van der Waals surface area contributed by atoms with Crippen LogP contribution in [0.2, 0.25) is 0 Å². The maximum absolute atomic E-state index is 11.8. The van der Waals surface area contributed by atoms with E-state index in [9.17, 15) is 4.79 Å². The first kappa shape index (κ1) is 22.0. The van der Waals surface area contributed by atoms with Gasteiger partial charge in [0.2, 0.25) is 0 Å². The lowest BCUT2D eigenvalue weighted by molar-refractivity contribution is 0.112. The Morgan fingerprint density at radius 3 is 2.66 bits per heavy atom. The zero-order chi connectivity index (χ0) is 22.8. The van der Waals surface area contributed by atoms with E-state index in [4.69, 9.17) is 11.4 Å². The van der Waals surface area contributed by atoms with Gasteiger partial charge in [0.05, 0.1) is 21.8 Å². The number of aldehydes is 1. The highest BCUT2D eigenvalue weighted by Gasteiger charge is 2.16. The average Bonchev–Trinajstić information content (AvgIpc) is 3.19. The lowest BCUT2D eigenvalue weighted by Gasteiger charge is -2.13. The molecule has 2 N–H and O–H groups in total. The van der Waals surface area contributed by atoms with Gasteiger partial charge in [0.1, 0.15) is 0 Å². The van der Waals surface area contributed by atoms with Crippen molar-refractivity contribution in [2.24, 2.45) is 0 Å². The number of rotatable bonds is 7. The minimum absolute atomic E-state index is 0.280. The third-order valence-electron chi connectivity index (χ3n) is 5.82. The molecule has 0 saturated carbocycles. The molecule has 5 heteroatoms. The van der Waals surface area contributed by atoms with Gasteiger partial charge in [-0.05, 0) is 67.9 Å². The van der Waals surface area contributed by atoms with Crippen LogP contribution in [0.25, 0.3) is 32.2 Å². The molecule has 32 heavy (non-hydrogen) atoms. The first-order chi connectivity index (χ1) is 15.4. The number of carbonyl (C=O) groups excluding carboxylic acids is 1. The molecule has 0 spiro atoms. The van der Waals surface area contributed by atoms with Crippen LogP contribution in [0.1, 0.15) is 47.5 Å². The number of likely N-dealkylation sites (N-methyl/N-ethyl adjacent to an activating group) is 1. The molecule has 2 heterocycles. The number of nitrogens with zero attached hydrogens (tertiary/aromatic N) is 1. The standard InChI is InChI=1S/C27H27N3OS/c1-6-18-11-19(16(2)3)13-20(12-18)22-8-7-21-23(30-22)9-10-24-26(21)27(25(15-31)32-24)29-14-17(4)28-5/h1,7-13,15-17,28-29H,14H2,2-5H3/t17-/m1/s1. The summed E-state index contributed by atoms with van der Waals surface area (Å²) in [6.07, 6.45) is 6.64. The van der Waals surface area contributed by atoms with E-state index in [2.05, 4.69) is 61.6 Å². The van der Waals surface area contributed by atoms with Gasteiger partial charge in [-0.3, -0.25) is 4.79 Å². The van der Waals surface area contributed by atoms with Gasteiger partial charge in [0, 0.05) is 39.2 Å². The summed E-state index contributed by atoms with van der Waals surface area (Å²) >= 11 is 1.51. The Balaban J connectivity index is 1.86. The third-order valence-corrected chi connectivity index (χ3v) is 6.90. The maximum Gasteiger partial charge on any atom is 0.162 e. The lowest BCUT2D eigenvalue weighted by Crippen LogP contribution is -2.29. The molecule has 0 bridgehead atoms. The zero-order valence-corrected chi connectivity index (χ0v) is 19.6. The lowest BCUT2D eigenvalue weighted by atomic mass is 9.96. The number of anilines is 1. The number of hydrogen-bond acceptors (Lipinski definition) is 5. The zero-order valence-electron chi connectivity index (χ0n) is 18.8. The summed E-state index contributed by atoms with van der Waals surface area (Å²) in [5.41, 5.74) is 5.76. The van der Waals surface area contributed by atoms with Gasteiger partial charge in [-0.25, -0.2) is 4.98 Å². The van der Waals surface area contributed by atoms with Crippen LogP contribution in [-0.2, 0) is 0 Å². The maximum atomic E-state index is 11.8. The molecule has 0 unspecified atom stereocenters. The van der Waals surface area contributed by atoms with Crippen molar-refractivity contribution in [1.29, 1.82) is 0 Å². The highest BCUT2D eigenvalue weighted by atomic mass is 32.1. The smallest absolute Gasteiger partial charge is 0.162 e. The van der Waals surface area contributed by atoms with Gasteiger partial charge >= 0.3 is 0 Å². The highest BCUT2D eigenvalue weighted by molar-refractivity contribution is 7.21. The van der Waals surface area contributed by atoms with Crippen LogP contribution in [0.3, 0.4) is 0 Å². The molecule has 0 radical (unpaired) electrons. The van der Waals surface area contributed by atoms with Crippen molar-refractivity contribution in [2.75, 3.05) is 18.9 Å². The Bertz CT molecular complexity index is 1350. The first-order valence-electron chi connectivity index (χ1n) is 10.8. The van der Waals surface area contributed by atoms with Crippen molar-refractivity contribution in [3.05, 3.63) is 58.5 Å². The van der Waals surface area contributed by atoms with Gasteiger partial charge in [-0.15, -0.1) is 17.8 Å². The Hall–Kier alpha value is -3.20. The molecule has 4 aromatic rings. The van der Waals surface area contributed by atoms with E-state index in [0.29, 0.717) is 10.8 Å². The predicted molar refractivity (Wildman–Crippen MR) is 137 cm³/mol. The van der Waals surface area contributed by atoms with E-state index in [1.807, 2.05) is 25.2 Å². The largest absolute Gasteiger partial charge is 0.382 e. The van der Waals surface area contributed by atoms with Gasteiger partial charge < -0.3 is 10.6 Å². The minimum Gasteiger partial charge on any atom is -0.382 e. The normalized spacial score (nSPS) is 12.2. The Labute approximate surface area is 193 Å². The van der Waals surface area contributed by atoms with Crippen LogP contribution in [0.5, 0.6) is 0 Å². The molecule has 0 aliphatic heterocycles. The quantitative estimate of drug-likeness (QED) is 0.271. The Morgan fingerprint density at radius 2 is 1.97 bits per heavy atom. The summed E-state index contributed by atoms with van der Waals surface area (Å²) in [5.74, 6) is 3.14. The summed E-state index contributed by atoms with van der Waals surface area (Å²) in [4.78, 5) is 17.4. The van der Waals surface area contributed by atoms with E-state index in [-0.39, 0.29) is 6.04 Å². The van der Waals surface area contributed by atoms with Gasteiger partial charge in [-0.1, -0.05) is 19.8 Å². The molecule has 4 rings (SSSR count). The molecule has 0 saturated heterocycles. The molecule has 0 fully saturated rings. The fraction of sp³-hybridized carbons (Fsp3) is 0.259. The summed E-state index contributed by atoms with van der Waals surface area (Å²) in [7, 11) is 1.93. The third kappa shape index (κ3) is 4.12. The van der Waals surface area contributed by atoms with Crippen molar-refractivity contribution in [3.8, 4) is 23.6 Å². The van der Waals surface area contributed by atoms with Crippen LogP contribution in [-0.4, -0.2) is 30.9 Å². The van der Waals surface area contributed by atoms with E-state index in [1.165, 1.54) is 16.9 Å². The van der Waals surface area contributed by atoms with Crippen LogP contribution in [0.15, 0.2) is 42.5 Å². The molecule has 0 aliphatic rings. The van der Waals surface area contributed by atoms with Crippen molar-refractivity contribution in [2.45, 2.75) is 32.7 Å². The van der Waals surface area contributed by atoms with E-state index in [1.54, 1.807) is 0 Å². The molecule has 162 valence electrons. The fourth-order valence-electron chi connectivity index (χ4n) is 3.81. The molecule has 0 aliphatic carbocycles. The van der Waals surface area contributed by atoms with E-state index < -0.39 is 0 Å². The van der Waals surface area contributed by atoms with Crippen LogP contribution < -0.4 is 10.6 Å². The molecule has 0 amide bonds. The Kier molecular flexibility index (Phi) is 6.27. The first-order valence-corrected chi connectivity index (χ1v) is 11.6. The second-order valence-corrected chi connectivity index (χ2v) is 9.46. The Morgan fingerprint density at radius 1 is 1.16 bits per heavy atom. The molecule has 2 aromatic heterocycles. The van der Waals surface area contributed by atoms with Crippen molar-refractivity contribution in [3.63, 3.8) is 0 Å². The number of benzene rings is 2. The summed E-state index contributed by atoms with van der Waals surface area (Å²) < 4.78 is 1.07. The molecule has 4 nitrogen and oxygen atoms in total. The van der Waals surface area contributed by atoms with Crippen LogP contribution >= 0.6 is 11.3 Å². The summed E-state index contributed by atoms with van der Waals surface area (Å²) in [6.45, 7) is 7.15.